The summed E-state index contributed by atoms with van der Waals surface area (Å²) >= 11 is 0. The van der Waals surface area contributed by atoms with Crippen molar-refractivity contribution in [1.29, 1.82) is 0 Å². The highest BCUT2D eigenvalue weighted by Gasteiger charge is 2.13. The third-order valence-electron chi connectivity index (χ3n) is 5.88. The summed E-state index contributed by atoms with van der Waals surface area (Å²) in [5.41, 5.74) is 6.78. The van der Waals surface area contributed by atoms with Crippen LogP contribution in [0.4, 0.5) is 0 Å². The zero-order valence-corrected chi connectivity index (χ0v) is 18.7. The SMILES string of the molecule is Cn1ccc2cc(C(/C=C/c3ccccc3)N=C(c3ccccc3)c3ccccc3)ccc21. The van der Waals surface area contributed by atoms with Gasteiger partial charge in [0.1, 0.15) is 0 Å². The number of benzene rings is 4. The van der Waals surface area contributed by atoms with Gasteiger partial charge in [-0.15, -0.1) is 0 Å². The van der Waals surface area contributed by atoms with Gasteiger partial charge in [0, 0.05) is 29.9 Å². The van der Waals surface area contributed by atoms with E-state index in [1.807, 2.05) is 18.2 Å². The number of aliphatic imine (C=N–C) groups is 1. The zero-order chi connectivity index (χ0) is 22.5. The first kappa shape index (κ1) is 20.7. The molecule has 0 aliphatic heterocycles. The van der Waals surface area contributed by atoms with Gasteiger partial charge in [0.25, 0.3) is 0 Å². The van der Waals surface area contributed by atoms with Crippen LogP contribution in [0.3, 0.4) is 0 Å². The second kappa shape index (κ2) is 9.54. The molecule has 1 aromatic heterocycles. The highest BCUT2D eigenvalue weighted by molar-refractivity contribution is 6.13. The number of hydrogen-bond acceptors (Lipinski definition) is 1. The summed E-state index contributed by atoms with van der Waals surface area (Å²) in [6.45, 7) is 0. The van der Waals surface area contributed by atoms with Crippen LogP contribution >= 0.6 is 0 Å². The van der Waals surface area contributed by atoms with Crippen LogP contribution < -0.4 is 0 Å². The molecular formula is C31H26N2. The molecule has 0 amide bonds. The molecule has 0 aliphatic carbocycles. The van der Waals surface area contributed by atoms with Gasteiger partial charge in [0.15, 0.2) is 0 Å². The molecule has 0 fully saturated rings. The molecule has 1 atom stereocenters. The van der Waals surface area contributed by atoms with E-state index in [1.54, 1.807) is 0 Å². The second-order valence-electron chi connectivity index (χ2n) is 8.17. The van der Waals surface area contributed by atoms with Crippen molar-refractivity contribution in [1.82, 2.24) is 4.57 Å². The summed E-state index contributed by atoms with van der Waals surface area (Å²) in [7, 11) is 2.08. The Balaban J connectivity index is 1.65. The Hall–Kier alpha value is -4.17. The molecule has 4 aromatic carbocycles. The maximum Gasteiger partial charge on any atom is 0.0941 e. The van der Waals surface area contributed by atoms with Crippen molar-refractivity contribution in [3.8, 4) is 0 Å². The lowest BCUT2D eigenvalue weighted by Crippen LogP contribution is -2.06. The molecule has 160 valence electrons. The third-order valence-corrected chi connectivity index (χ3v) is 5.88. The molecule has 0 spiro atoms. The summed E-state index contributed by atoms with van der Waals surface area (Å²) in [6, 6.07) is 40.0. The van der Waals surface area contributed by atoms with Crippen LogP contribution in [0.5, 0.6) is 0 Å². The van der Waals surface area contributed by atoms with Crippen molar-refractivity contribution in [2.45, 2.75) is 6.04 Å². The van der Waals surface area contributed by atoms with Gasteiger partial charge in [-0.2, -0.15) is 0 Å². The second-order valence-corrected chi connectivity index (χ2v) is 8.17. The highest BCUT2D eigenvalue weighted by atomic mass is 14.9. The number of rotatable bonds is 6. The van der Waals surface area contributed by atoms with Gasteiger partial charge in [-0.05, 0) is 34.7 Å². The average Bonchev–Trinajstić information content (AvgIpc) is 3.26. The Morgan fingerprint density at radius 1 is 0.727 bits per heavy atom. The molecule has 0 saturated heterocycles. The van der Waals surface area contributed by atoms with E-state index in [-0.39, 0.29) is 6.04 Å². The van der Waals surface area contributed by atoms with Crippen LogP contribution in [0, 0.1) is 0 Å². The van der Waals surface area contributed by atoms with E-state index >= 15 is 0 Å². The molecule has 0 bridgehead atoms. The first-order chi connectivity index (χ1) is 16.3. The fourth-order valence-electron chi connectivity index (χ4n) is 4.13. The number of aryl methyl sites for hydroxylation is 1. The first-order valence-electron chi connectivity index (χ1n) is 11.2. The van der Waals surface area contributed by atoms with Crippen molar-refractivity contribution in [2.24, 2.45) is 12.0 Å². The van der Waals surface area contributed by atoms with E-state index < -0.39 is 0 Å². The first-order valence-corrected chi connectivity index (χ1v) is 11.2. The molecule has 5 rings (SSSR count). The normalized spacial score (nSPS) is 12.2. The van der Waals surface area contributed by atoms with Crippen molar-refractivity contribution in [2.75, 3.05) is 0 Å². The van der Waals surface area contributed by atoms with Gasteiger partial charge < -0.3 is 4.57 Å². The van der Waals surface area contributed by atoms with Gasteiger partial charge in [0.05, 0.1) is 11.8 Å². The number of hydrogen-bond donors (Lipinski definition) is 0. The van der Waals surface area contributed by atoms with E-state index in [1.165, 1.54) is 22.0 Å². The zero-order valence-electron chi connectivity index (χ0n) is 18.7. The molecule has 2 nitrogen and oxygen atoms in total. The number of aromatic nitrogens is 1. The predicted molar refractivity (Wildman–Crippen MR) is 140 cm³/mol. The molecule has 1 heterocycles. The lowest BCUT2D eigenvalue weighted by atomic mass is 9.99. The third kappa shape index (κ3) is 4.70. The van der Waals surface area contributed by atoms with Crippen LogP contribution in [0.25, 0.3) is 17.0 Å². The van der Waals surface area contributed by atoms with Crippen molar-refractivity contribution < 1.29 is 0 Å². The Morgan fingerprint density at radius 2 is 1.33 bits per heavy atom. The van der Waals surface area contributed by atoms with E-state index in [9.17, 15) is 0 Å². The largest absolute Gasteiger partial charge is 0.351 e. The lowest BCUT2D eigenvalue weighted by Gasteiger charge is -2.14. The fraction of sp³-hybridized carbons (Fsp3) is 0.0645. The molecule has 0 saturated carbocycles. The average molecular weight is 427 g/mol. The maximum absolute atomic E-state index is 5.34. The van der Waals surface area contributed by atoms with Crippen LogP contribution in [0.15, 0.2) is 133 Å². The molecule has 0 radical (unpaired) electrons. The smallest absolute Gasteiger partial charge is 0.0941 e. The lowest BCUT2D eigenvalue weighted by molar-refractivity contribution is 0.917. The quantitative estimate of drug-likeness (QED) is 0.251. The van der Waals surface area contributed by atoms with Crippen molar-refractivity contribution in [3.05, 3.63) is 150 Å². The Labute approximate surface area is 195 Å². The monoisotopic (exact) mass is 426 g/mol. The highest BCUT2D eigenvalue weighted by Crippen LogP contribution is 2.27. The van der Waals surface area contributed by atoms with Gasteiger partial charge in [-0.1, -0.05) is 109 Å². The molecule has 5 aromatic rings. The summed E-state index contributed by atoms with van der Waals surface area (Å²) in [5, 5.41) is 1.23. The Bertz CT molecular complexity index is 1350. The van der Waals surface area contributed by atoms with Gasteiger partial charge in [0.2, 0.25) is 0 Å². The summed E-state index contributed by atoms with van der Waals surface area (Å²) in [6.07, 6.45) is 6.47. The Morgan fingerprint density at radius 3 is 1.97 bits per heavy atom. The molecule has 33 heavy (non-hydrogen) atoms. The molecule has 2 heteroatoms. The van der Waals surface area contributed by atoms with Crippen LogP contribution in [0.2, 0.25) is 0 Å². The fourth-order valence-corrected chi connectivity index (χ4v) is 4.13. The minimum absolute atomic E-state index is 0.120. The van der Waals surface area contributed by atoms with Crippen LogP contribution in [0.1, 0.15) is 28.3 Å². The standard InChI is InChI=1S/C31H26N2/c1-33-22-21-28-23-27(18-20-30(28)33)29(19-17-24-11-5-2-6-12-24)32-31(25-13-7-3-8-14-25)26-15-9-4-10-16-26/h2-23,29H,1H3/b19-17+. The van der Waals surface area contributed by atoms with E-state index in [0.717, 1.165) is 16.8 Å². The topological polar surface area (TPSA) is 17.3 Å². The van der Waals surface area contributed by atoms with Crippen molar-refractivity contribution in [3.63, 3.8) is 0 Å². The van der Waals surface area contributed by atoms with E-state index in [4.69, 9.17) is 4.99 Å². The number of nitrogens with zero attached hydrogens (tertiary/aromatic N) is 2. The summed E-state index contributed by atoms with van der Waals surface area (Å²) in [5.74, 6) is 0. The number of fused-ring (bicyclic) bond motifs is 1. The molecule has 0 aliphatic rings. The van der Waals surface area contributed by atoms with E-state index in [2.05, 4.69) is 127 Å². The van der Waals surface area contributed by atoms with Crippen molar-refractivity contribution >= 4 is 22.7 Å². The predicted octanol–water partition coefficient (Wildman–Crippen LogP) is 7.47. The Kier molecular flexibility index (Phi) is 5.99. The maximum atomic E-state index is 5.34. The molecular weight excluding hydrogens is 400 g/mol. The van der Waals surface area contributed by atoms with Gasteiger partial charge in [-0.3, -0.25) is 4.99 Å². The van der Waals surface area contributed by atoms with Gasteiger partial charge in [-0.25, -0.2) is 0 Å². The van der Waals surface area contributed by atoms with Gasteiger partial charge >= 0.3 is 0 Å². The summed E-state index contributed by atoms with van der Waals surface area (Å²) < 4.78 is 2.15. The minimum Gasteiger partial charge on any atom is -0.351 e. The minimum atomic E-state index is -0.120. The summed E-state index contributed by atoms with van der Waals surface area (Å²) in [4.78, 5) is 5.34. The van der Waals surface area contributed by atoms with E-state index in [0.29, 0.717) is 0 Å². The molecule has 0 N–H and O–H groups in total. The van der Waals surface area contributed by atoms with Crippen LogP contribution in [-0.2, 0) is 7.05 Å². The molecule has 1 unspecified atom stereocenters. The van der Waals surface area contributed by atoms with Crippen LogP contribution in [-0.4, -0.2) is 10.3 Å².